The molecule has 5 heteroatoms. The highest BCUT2D eigenvalue weighted by atomic mass is 14.8. The van der Waals surface area contributed by atoms with Crippen LogP contribution in [0.25, 0.3) is 56.5 Å². The largest absolute Gasteiger partial charge is 0.255 e. The Morgan fingerprint density at radius 3 is 1.28 bits per heavy atom. The van der Waals surface area contributed by atoms with Crippen LogP contribution in [0.3, 0.4) is 0 Å². The Bertz CT molecular complexity index is 1540. The van der Waals surface area contributed by atoms with Crippen LogP contribution in [0.5, 0.6) is 0 Å². The molecule has 0 saturated heterocycles. The van der Waals surface area contributed by atoms with E-state index >= 15 is 0 Å². The van der Waals surface area contributed by atoms with Crippen molar-refractivity contribution in [1.82, 2.24) is 24.9 Å². The zero-order chi connectivity index (χ0) is 24.2. The average molecular weight is 464 g/mol. The third kappa shape index (κ3) is 4.50. The molecule has 1 aromatic carbocycles. The molecule has 0 aliphatic rings. The second kappa shape index (κ2) is 9.68. The van der Waals surface area contributed by atoms with E-state index in [-0.39, 0.29) is 0 Å². The van der Waals surface area contributed by atoms with Crippen molar-refractivity contribution in [3.8, 4) is 56.5 Å². The molecule has 0 saturated carbocycles. The monoisotopic (exact) mass is 463 g/mol. The molecular weight excluding hydrogens is 442 g/mol. The molecule has 0 aliphatic carbocycles. The first kappa shape index (κ1) is 21.5. The van der Waals surface area contributed by atoms with Crippen molar-refractivity contribution in [2.24, 2.45) is 0 Å². The summed E-state index contributed by atoms with van der Waals surface area (Å²) in [7, 11) is 0. The van der Waals surface area contributed by atoms with Gasteiger partial charge < -0.3 is 0 Å². The van der Waals surface area contributed by atoms with E-state index in [1.165, 1.54) is 0 Å². The lowest BCUT2D eigenvalue weighted by Gasteiger charge is -2.10. The third-order valence-corrected chi connectivity index (χ3v) is 5.87. The van der Waals surface area contributed by atoms with Gasteiger partial charge in [-0.25, -0.2) is 9.97 Å². The number of pyridine rings is 5. The number of hydrogen-bond donors (Lipinski definition) is 0. The second-order valence-corrected chi connectivity index (χ2v) is 8.26. The van der Waals surface area contributed by atoms with Gasteiger partial charge in [-0.05, 0) is 71.8 Å². The molecule has 0 amide bonds. The molecule has 170 valence electrons. The summed E-state index contributed by atoms with van der Waals surface area (Å²) in [5.74, 6) is 0. The van der Waals surface area contributed by atoms with Gasteiger partial charge in [-0.1, -0.05) is 48.5 Å². The Morgan fingerprint density at radius 2 is 0.750 bits per heavy atom. The first-order valence-corrected chi connectivity index (χ1v) is 11.7. The van der Waals surface area contributed by atoms with Gasteiger partial charge in [0.2, 0.25) is 0 Å². The molecule has 0 bridgehead atoms. The van der Waals surface area contributed by atoms with Gasteiger partial charge in [-0.2, -0.15) is 0 Å². The van der Waals surface area contributed by atoms with Crippen molar-refractivity contribution >= 4 is 0 Å². The van der Waals surface area contributed by atoms with E-state index in [4.69, 9.17) is 9.97 Å². The highest BCUT2D eigenvalue weighted by molar-refractivity contribution is 5.76. The number of nitrogens with zero attached hydrogens (tertiary/aromatic N) is 5. The summed E-state index contributed by atoms with van der Waals surface area (Å²) in [6.45, 7) is 0. The molecule has 0 fully saturated rings. The van der Waals surface area contributed by atoms with E-state index in [0.717, 1.165) is 56.5 Å². The molecule has 0 radical (unpaired) electrons. The van der Waals surface area contributed by atoms with Crippen LogP contribution in [0.1, 0.15) is 0 Å². The van der Waals surface area contributed by atoms with Crippen molar-refractivity contribution in [2.45, 2.75) is 0 Å². The Balaban J connectivity index is 1.38. The van der Waals surface area contributed by atoms with E-state index in [1.54, 1.807) is 18.6 Å². The molecule has 5 heterocycles. The Kier molecular flexibility index (Phi) is 5.78. The maximum absolute atomic E-state index is 4.86. The topological polar surface area (TPSA) is 64.5 Å². The minimum absolute atomic E-state index is 0.808. The van der Waals surface area contributed by atoms with Crippen LogP contribution in [-0.2, 0) is 0 Å². The van der Waals surface area contributed by atoms with Crippen LogP contribution >= 0.6 is 0 Å². The highest BCUT2D eigenvalue weighted by Crippen LogP contribution is 2.30. The van der Waals surface area contributed by atoms with Gasteiger partial charge in [0.15, 0.2) is 0 Å². The van der Waals surface area contributed by atoms with Gasteiger partial charge in [0.25, 0.3) is 0 Å². The van der Waals surface area contributed by atoms with Gasteiger partial charge in [0.1, 0.15) is 0 Å². The number of aromatic nitrogens is 5. The summed E-state index contributed by atoms with van der Waals surface area (Å²) in [4.78, 5) is 23.1. The van der Waals surface area contributed by atoms with Crippen molar-refractivity contribution in [3.05, 3.63) is 128 Å². The minimum Gasteiger partial charge on any atom is -0.255 e. The van der Waals surface area contributed by atoms with Crippen LogP contribution in [0.15, 0.2) is 128 Å². The molecule has 6 aromatic rings. The number of hydrogen-bond acceptors (Lipinski definition) is 5. The average Bonchev–Trinajstić information content (AvgIpc) is 2.98. The van der Waals surface area contributed by atoms with Crippen LogP contribution in [-0.4, -0.2) is 24.9 Å². The molecule has 6 rings (SSSR count). The predicted octanol–water partition coefficient (Wildman–Crippen LogP) is 7.00. The molecule has 5 nitrogen and oxygen atoms in total. The van der Waals surface area contributed by atoms with Crippen LogP contribution < -0.4 is 0 Å². The third-order valence-electron chi connectivity index (χ3n) is 5.87. The summed E-state index contributed by atoms with van der Waals surface area (Å²) in [5, 5.41) is 0. The lowest BCUT2D eigenvalue weighted by atomic mass is 10.0. The summed E-state index contributed by atoms with van der Waals surface area (Å²) < 4.78 is 0. The molecule has 0 spiro atoms. The maximum atomic E-state index is 4.86. The highest BCUT2D eigenvalue weighted by Gasteiger charge is 2.11. The van der Waals surface area contributed by atoms with Crippen molar-refractivity contribution in [3.63, 3.8) is 0 Å². The van der Waals surface area contributed by atoms with Gasteiger partial charge in [0.05, 0.1) is 39.9 Å². The molecule has 0 unspecified atom stereocenters. The van der Waals surface area contributed by atoms with E-state index in [1.807, 2.05) is 72.8 Å². The molecule has 36 heavy (non-hydrogen) atoms. The molecule has 0 atom stereocenters. The number of benzene rings is 1. The molecular formula is C31H21N5. The van der Waals surface area contributed by atoms with Crippen LogP contribution in [0.2, 0.25) is 0 Å². The van der Waals surface area contributed by atoms with Crippen molar-refractivity contribution in [2.75, 3.05) is 0 Å². The van der Waals surface area contributed by atoms with E-state index in [9.17, 15) is 0 Å². The number of rotatable bonds is 5. The van der Waals surface area contributed by atoms with Gasteiger partial charge in [0, 0.05) is 24.2 Å². The van der Waals surface area contributed by atoms with Crippen molar-refractivity contribution < 1.29 is 0 Å². The summed E-state index contributed by atoms with van der Waals surface area (Å²) in [6, 6.07) is 36.1. The van der Waals surface area contributed by atoms with Crippen LogP contribution in [0.4, 0.5) is 0 Å². The Hall–Kier alpha value is -5.03. The van der Waals surface area contributed by atoms with Crippen LogP contribution in [0, 0.1) is 0 Å². The summed E-state index contributed by atoms with van der Waals surface area (Å²) >= 11 is 0. The fourth-order valence-electron chi connectivity index (χ4n) is 4.07. The first-order valence-electron chi connectivity index (χ1n) is 11.7. The zero-order valence-corrected chi connectivity index (χ0v) is 19.4. The first-order chi connectivity index (χ1) is 17.8. The predicted molar refractivity (Wildman–Crippen MR) is 143 cm³/mol. The Labute approximate surface area is 209 Å². The van der Waals surface area contributed by atoms with E-state index in [2.05, 4.69) is 51.4 Å². The SMILES string of the molecule is c1ccc(-c2cccc(-c3ccc(-c4cc(-c5ccccn5)nc(-c5ccccn5)c4)cc3)n2)nc1. The summed E-state index contributed by atoms with van der Waals surface area (Å²) in [5.41, 5.74) is 9.05. The normalized spacial score (nSPS) is 10.8. The molecule has 0 N–H and O–H groups in total. The molecule has 0 aliphatic heterocycles. The second-order valence-electron chi connectivity index (χ2n) is 8.26. The maximum Gasteiger partial charge on any atom is 0.0900 e. The minimum atomic E-state index is 0.808. The zero-order valence-electron chi connectivity index (χ0n) is 19.4. The lowest BCUT2D eigenvalue weighted by Crippen LogP contribution is -1.94. The summed E-state index contributed by atoms with van der Waals surface area (Å²) in [6.07, 6.45) is 5.35. The van der Waals surface area contributed by atoms with E-state index < -0.39 is 0 Å². The van der Waals surface area contributed by atoms with Crippen molar-refractivity contribution in [1.29, 1.82) is 0 Å². The Morgan fingerprint density at radius 1 is 0.306 bits per heavy atom. The fourth-order valence-corrected chi connectivity index (χ4v) is 4.07. The fraction of sp³-hybridized carbons (Fsp3) is 0. The smallest absolute Gasteiger partial charge is 0.0900 e. The van der Waals surface area contributed by atoms with Gasteiger partial charge >= 0.3 is 0 Å². The quantitative estimate of drug-likeness (QED) is 0.275. The lowest BCUT2D eigenvalue weighted by molar-refractivity contribution is 1.22. The van der Waals surface area contributed by atoms with Gasteiger partial charge in [-0.3, -0.25) is 15.0 Å². The standard InChI is InChI=1S/C31H21N5/c1-4-17-32-26(8-1)29-12-7-11-25(35-29)23-15-13-22(14-16-23)24-20-30(27-9-2-5-18-33-27)36-31(21-24)28-10-3-6-19-34-28/h1-21H. The van der Waals surface area contributed by atoms with Gasteiger partial charge in [-0.15, -0.1) is 0 Å². The van der Waals surface area contributed by atoms with E-state index in [0.29, 0.717) is 0 Å². The molecule has 5 aromatic heterocycles.